The summed E-state index contributed by atoms with van der Waals surface area (Å²) in [4.78, 5) is 17.2. The number of halogens is 3. The van der Waals surface area contributed by atoms with Gasteiger partial charge in [-0.25, -0.2) is 0 Å². The zero-order chi connectivity index (χ0) is 12.6. The fourth-order valence-electron chi connectivity index (χ4n) is 1.04. The normalized spacial score (nSPS) is 14.9. The molecular weight excluding hydrogens is 248 g/mol. The summed E-state index contributed by atoms with van der Waals surface area (Å²) in [5, 5.41) is 9.11. The number of aliphatic hydroxyl groups excluding tert-OH is 1. The molecule has 0 fully saturated rings. The molecule has 0 radical (unpaired) electrons. The molecular formula is C8H8F3O4P. The van der Waals surface area contributed by atoms with Crippen LogP contribution in [-0.4, -0.2) is 14.9 Å². The summed E-state index contributed by atoms with van der Waals surface area (Å²) in [5.41, 5.74) is -1.21. The Labute approximate surface area is 88.5 Å². The predicted octanol–water partition coefficient (Wildman–Crippen LogP) is 1.87. The number of hydrogen-bond acceptors (Lipinski definition) is 2. The fourth-order valence-corrected chi connectivity index (χ4v) is 1.60. The maximum absolute atomic E-state index is 12.1. The van der Waals surface area contributed by atoms with Crippen LogP contribution in [0.5, 0.6) is 0 Å². The lowest BCUT2D eigenvalue weighted by molar-refractivity contribution is -0.137. The third kappa shape index (κ3) is 3.05. The molecule has 0 aliphatic carbocycles. The highest BCUT2D eigenvalue weighted by Crippen LogP contribution is 2.49. The Bertz CT molecular complexity index is 408. The molecule has 90 valence electrons. The first-order valence-corrected chi connectivity index (χ1v) is 5.71. The maximum atomic E-state index is 12.1. The largest absolute Gasteiger partial charge is 0.416 e. The number of hydrogen-bond donors (Lipinski definition) is 3. The van der Waals surface area contributed by atoms with Crippen molar-refractivity contribution in [3.8, 4) is 0 Å². The molecule has 1 unspecified atom stereocenters. The van der Waals surface area contributed by atoms with Crippen LogP contribution in [0.15, 0.2) is 24.3 Å². The molecule has 0 bridgehead atoms. The lowest BCUT2D eigenvalue weighted by Gasteiger charge is -2.13. The number of benzene rings is 1. The number of rotatable bonds is 2. The first-order chi connectivity index (χ1) is 7.12. The molecule has 1 aromatic rings. The van der Waals surface area contributed by atoms with Crippen molar-refractivity contribution in [2.45, 2.75) is 12.0 Å². The van der Waals surface area contributed by atoms with E-state index in [-0.39, 0.29) is 5.56 Å². The van der Waals surface area contributed by atoms with Crippen LogP contribution in [0.1, 0.15) is 17.0 Å². The summed E-state index contributed by atoms with van der Waals surface area (Å²) in [7, 11) is -4.76. The Morgan fingerprint density at radius 1 is 1.12 bits per heavy atom. The molecule has 1 rings (SSSR count). The molecule has 0 saturated carbocycles. The van der Waals surface area contributed by atoms with Gasteiger partial charge in [-0.1, -0.05) is 12.1 Å². The number of aliphatic hydroxyl groups is 1. The standard InChI is InChI=1S/C8H8F3O4P/c9-8(10,11)6-3-1-5(2-4-6)7(12)16(13,14)15/h1-4,7,12H,(H2,13,14,15). The lowest BCUT2D eigenvalue weighted by atomic mass is 10.1. The molecule has 0 aliphatic rings. The zero-order valence-electron chi connectivity index (χ0n) is 7.72. The maximum Gasteiger partial charge on any atom is 0.416 e. The van der Waals surface area contributed by atoms with Gasteiger partial charge in [-0.05, 0) is 17.7 Å². The van der Waals surface area contributed by atoms with Gasteiger partial charge in [-0.15, -0.1) is 0 Å². The summed E-state index contributed by atoms with van der Waals surface area (Å²) >= 11 is 0. The quantitative estimate of drug-likeness (QED) is 0.706. The minimum absolute atomic E-state index is 0.263. The van der Waals surface area contributed by atoms with Gasteiger partial charge >= 0.3 is 13.8 Å². The van der Waals surface area contributed by atoms with Gasteiger partial charge in [0.25, 0.3) is 0 Å². The molecule has 0 spiro atoms. The van der Waals surface area contributed by atoms with Gasteiger partial charge in [0.1, 0.15) is 0 Å². The predicted molar refractivity (Wildman–Crippen MR) is 48.4 cm³/mol. The second-order valence-electron chi connectivity index (χ2n) is 3.08. The first-order valence-electron chi connectivity index (χ1n) is 4.03. The van der Waals surface area contributed by atoms with Crippen LogP contribution in [0.2, 0.25) is 0 Å². The van der Waals surface area contributed by atoms with Gasteiger partial charge in [-0.2, -0.15) is 13.2 Å². The van der Waals surface area contributed by atoms with Crippen LogP contribution in [-0.2, 0) is 10.7 Å². The highest BCUT2D eigenvalue weighted by Gasteiger charge is 2.32. The monoisotopic (exact) mass is 256 g/mol. The molecule has 0 saturated heterocycles. The Balaban J connectivity index is 3.01. The van der Waals surface area contributed by atoms with Crippen LogP contribution < -0.4 is 0 Å². The fraction of sp³-hybridized carbons (Fsp3) is 0.250. The van der Waals surface area contributed by atoms with E-state index in [1.54, 1.807) is 0 Å². The van der Waals surface area contributed by atoms with Gasteiger partial charge < -0.3 is 14.9 Å². The average Bonchev–Trinajstić information content (AvgIpc) is 2.14. The van der Waals surface area contributed by atoms with Crippen molar-refractivity contribution in [3.05, 3.63) is 35.4 Å². The Kier molecular flexibility index (Phi) is 3.44. The van der Waals surface area contributed by atoms with Crippen LogP contribution in [0.25, 0.3) is 0 Å². The Hall–Kier alpha value is -0.880. The zero-order valence-corrected chi connectivity index (χ0v) is 8.61. The Morgan fingerprint density at radius 3 is 1.88 bits per heavy atom. The van der Waals surface area contributed by atoms with E-state index in [4.69, 9.17) is 14.9 Å². The van der Waals surface area contributed by atoms with E-state index in [9.17, 15) is 17.7 Å². The number of alkyl halides is 3. The van der Waals surface area contributed by atoms with E-state index in [1.165, 1.54) is 0 Å². The van der Waals surface area contributed by atoms with Crippen LogP contribution in [0, 0.1) is 0 Å². The minimum atomic E-state index is -4.76. The highest BCUT2D eigenvalue weighted by atomic mass is 31.2. The van der Waals surface area contributed by atoms with E-state index in [0.717, 1.165) is 12.1 Å². The van der Waals surface area contributed by atoms with Crippen molar-refractivity contribution >= 4 is 7.60 Å². The van der Waals surface area contributed by atoms with Crippen LogP contribution in [0.4, 0.5) is 13.2 Å². The second-order valence-corrected chi connectivity index (χ2v) is 4.75. The molecule has 0 heterocycles. The lowest BCUT2D eigenvalue weighted by Crippen LogP contribution is -2.05. The summed E-state index contributed by atoms with van der Waals surface area (Å²) < 4.78 is 47.1. The van der Waals surface area contributed by atoms with Crippen molar-refractivity contribution in [1.29, 1.82) is 0 Å². The summed E-state index contributed by atoms with van der Waals surface area (Å²) in [6.45, 7) is 0. The van der Waals surface area contributed by atoms with Gasteiger partial charge in [0.05, 0.1) is 5.56 Å². The van der Waals surface area contributed by atoms with E-state index in [0.29, 0.717) is 12.1 Å². The average molecular weight is 256 g/mol. The molecule has 3 N–H and O–H groups in total. The van der Waals surface area contributed by atoms with Crippen molar-refractivity contribution in [2.24, 2.45) is 0 Å². The summed E-state index contributed by atoms with van der Waals surface area (Å²) in [5.74, 6) is -2.10. The van der Waals surface area contributed by atoms with Crippen molar-refractivity contribution in [2.75, 3.05) is 0 Å². The molecule has 1 aromatic carbocycles. The van der Waals surface area contributed by atoms with E-state index < -0.39 is 25.2 Å². The van der Waals surface area contributed by atoms with Gasteiger partial charge in [0.2, 0.25) is 0 Å². The van der Waals surface area contributed by atoms with Crippen molar-refractivity contribution in [1.82, 2.24) is 0 Å². The summed E-state index contributed by atoms with van der Waals surface area (Å²) in [6, 6.07) is 2.95. The van der Waals surface area contributed by atoms with Crippen molar-refractivity contribution < 1.29 is 32.6 Å². The summed E-state index contributed by atoms with van der Waals surface area (Å²) in [6.07, 6.45) is -4.52. The van der Waals surface area contributed by atoms with Gasteiger partial charge in [0.15, 0.2) is 5.85 Å². The molecule has 4 nitrogen and oxygen atoms in total. The highest BCUT2D eigenvalue weighted by molar-refractivity contribution is 7.51. The van der Waals surface area contributed by atoms with Gasteiger partial charge in [-0.3, -0.25) is 4.57 Å². The SMILES string of the molecule is O=P(O)(O)C(O)c1ccc(C(F)(F)F)cc1. The third-order valence-corrected chi connectivity index (χ3v) is 2.79. The smallest absolute Gasteiger partial charge is 0.376 e. The van der Waals surface area contributed by atoms with Gasteiger partial charge in [0, 0.05) is 0 Å². The molecule has 0 amide bonds. The molecule has 0 aliphatic heterocycles. The topological polar surface area (TPSA) is 77.8 Å². The first kappa shape index (κ1) is 13.2. The van der Waals surface area contributed by atoms with E-state index in [1.807, 2.05) is 0 Å². The molecule has 0 aromatic heterocycles. The van der Waals surface area contributed by atoms with Crippen molar-refractivity contribution in [3.63, 3.8) is 0 Å². The Morgan fingerprint density at radius 2 is 1.56 bits per heavy atom. The van der Waals surface area contributed by atoms with E-state index >= 15 is 0 Å². The van der Waals surface area contributed by atoms with E-state index in [2.05, 4.69) is 0 Å². The minimum Gasteiger partial charge on any atom is -0.376 e. The third-order valence-electron chi connectivity index (χ3n) is 1.85. The van der Waals surface area contributed by atoms with Crippen LogP contribution in [0.3, 0.4) is 0 Å². The second kappa shape index (κ2) is 4.18. The molecule has 1 atom stereocenters. The molecule has 8 heteroatoms. The molecule has 16 heavy (non-hydrogen) atoms. The van der Waals surface area contributed by atoms with Crippen LogP contribution >= 0.6 is 7.60 Å².